The fourth-order valence-electron chi connectivity index (χ4n) is 3.00. The van der Waals surface area contributed by atoms with Crippen LogP contribution in [0.2, 0.25) is 0 Å². The van der Waals surface area contributed by atoms with Crippen LogP contribution in [0, 0.1) is 0 Å². The molecule has 3 aromatic rings. The fraction of sp³-hybridized carbons (Fsp3) is 0.211. The molecule has 1 saturated heterocycles. The van der Waals surface area contributed by atoms with E-state index in [2.05, 4.69) is 10.3 Å². The van der Waals surface area contributed by atoms with Crippen LogP contribution in [0.1, 0.15) is 6.42 Å². The van der Waals surface area contributed by atoms with E-state index in [1.165, 1.54) is 6.20 Å². The van der Waals surface area contributed by atoms with E-state index < -0.39 is 9.84 Å². The number of hydrogen-bond acceptors (Lipinski definition) is 5. The quantitative estimate of drug-likeness (QED) is 0.780. The van der Waals surface area contributed by atoms with Crippen molar-refractivity contribution in [2.24, 2.45) is 0 Å². The van der Waals surface area contributed by atoms with Crippen molar-refractivity contribution >= 4 is 20.7 Å². The smallest absolute Gasteiger partial charge is 0.208 e. The molecule has 1 fully saturated rings. The molecular weight excluding hydrogens is 336 g/mol. The summed E-state index contributed by atoms with van der Waals surface area (Å²) in [6, 6.07) is 15.6. The lowest BCUT2D eigenvalue weighted by Gasteiger charge is -2.14. The van der Waals surface area contributed by atoms with Crippen LogP contribution in [-0.2, 0) is 9.84 Å². The van der Waals surface area contributed by atoms with Crippen molar-refractivity contribution in [3.05, 3.63) is 60.8 Å². The van der Waals surface area contributed by atoms with Crippen LogP contribution in [0.15, 0.2) is 70.6 Å². The Kier molecular flexibility index (Phi) is 4.15. The van der Waals surface area contributed by atoms with Gasteiger partial charge < -0.3 is 10.1 Å². The van der Waals surface area contributed by atoms with Gasteiger partial charge in [-0.1, -0.05) is 30.3 Å². The lowest BCUT2D eigenvalue weighted by atomic mass is 10.2. The molecule has 1 aliphatic heterocycles. The first-order valence-corrected chi connectivity index (χ1v) is 9.69. The molecule has 0 amide bonds. The summed E-state index contributed by atoms with van der Waals surface area (Å²) in [5, 5.41) is 4.01. The molecule has 1 aliphatic rings. The van der Waals surface area contributed by atoms with Crippen molar-refractivity contribution in [3.63, 3.8) is 0 Å². The number of nitrogens with zero attached hydrogens (tertiary/aromatic N) is 1. The second-order valence-electron chi connectivity index (χ2n) is 6.05. The summed E-state index contributed by atoms with van der Waals surface area (Å²) in [7, 11) is -3.58. The highest BCUT2D eigenvalue weighted by Crippen LogP contribution is 2.29. The third-order valence-corrected chi connectivity index (χ3v) is 6.06. The molecule has 0 saturated carbocycles. The van der Waals surface area contributed by atoms with Crippen molar-refractivity contribution in [2.75, 3.05) is 13.1 Å². The van der Waals surface area contributed by atoms with E-state index >= 15 is 0 Å². The third-order valence-electron chi connectivity index (χ3n) is 4.32. The summed E-state index contributed by atoms with van der Waals surface area (Å²) >= 11 is 0. The van der Waals surface area contributed by atoms with Crippen LogP contribution >= 0.6 is 0 Å². The van der Waals surface area contributed by atoms with Crippen molar-refractivity contribution < 1.29 is 13.2 Å². The van der Waals surface area contributed by atoms with Crippen LogP contribution < -0.4 is 10.1 Å². The van der Waals surface area contributed by atoms with Crippen LogP contribution in [-0.4, -0.2) is 32.6 Å². The molecule has 0 radical (unpaired) electrons. The van der Waals surface area contributed by atoms with E-state index in [4.69, 9.17) is 4.74 Å². The van der Waals surface area contributed by atoms with Gasteiger partial charge in [0, 0.05) is 18.1 Å². The topological polar surface area (TPSA) is 68.3 Å². The van der Waals surface area contributed by atoms with Gasteiger partial charge in [0.25, 0.3) is 0 Å². The maximum atomic E-state index is 12.8. The predicted molar refractivity (Wildman–Crippen MR) is 95.5 cm³/mol. The normalized spacial score (nSPS) is 17.7. The van der Waals surface area contributed by atoms with Gasteiger partial charge in [-0.25, -0.2) is 8.42 Å². The molecule has 1 N–H and O–H groups in total. The monoisotopic (exact) mass is 354 g/mol. The number of benzene rings is 2. The van der Waals surface area contributed by atoms with Crippen molar-refractivity contribution in [2.45, 2.75) is 22.3 Å². The largest absolute Gasteiger partial charge is 0.487 e. The van der Waals surface area contributed by atoms with Gasteiger partial charge in [0.1, 0.15) is 17.4 Å². The molecule has 0 spiro atoms. The number of sulfone groups is 1. The Bertz CT molecular complexity index is 998. The van der Waals surface area contributed by atoms with Crippen molar-refractivity contribution in [1.29, 1.82) is 0 Å². The van der Waals surface area contributed by atoms with Gasteiger partial charge in [0.2, 0.25) is 9.84 Å². The summed E-state index contributed by atoms with van der Waals surface area (Å²) < 4.78 is 31.5. The molecule has 4 rings (SSSR count). The Morgan fingerprint density at radius 2 is 1.88 bits per heavy atom. The minimum absolute atomic E-state index is 0.125. The van der Waals surface area contributed by atoms with Crippen molar-refractivity contribution in [3.8, 4) is 5.75 Å². The standard InChI is InChI=1S/C19H18N2O3S/c22-25(23,16-6-2-1-3-7-16)17-11-14-5-4-8-18(19(14)21-13-17)24-15-9-10-20-12-15/h1-8,11,13,15,20H,9-10,12H2/t15-/m0/s1. The number of rotatable bonds is 4. The number of pyridine rings is 1. The van der Waals surface area contributed by atoms with Gasteiger partial charge in [-0.2, -0.15) is 0 Å². The molecule has 2 heterocycles. The molecule has 0 unspecified atom stereocenters. The summed E-state index contributed by atoms with van der Waals surface area (Å²) in [6.07, 6.45) is 2.49. The van der Waals surface area contributed by atoms with Crippen molar-refractivity contribution in [1.82, 2.24) is 10.3 Å². The van der Waals surface area contributed by atoms with E-state index in [9.17, 15) is 8.42 Å². The molecule has 25 heavy (non-hydrogen) atoms. The minimum Gasteiger partial charge on any atom is -0.487 e. The first kappa shape index (κ1) is 16.1. The summed E-state index contributed by atoms with van der Waals surface area (Å²) in [5.74, 6) is 0.690. The minimum atomic E-state index is -3.58. The molecular formula is C19H18N2O3S. The zero-order chi connectivity index (χ0) is 17.3. The van der Waals surface area contributed by atoms with Gasteiger partial charge in [-0.05, 0) is 37.2 Å². The Labute approximate surface area is 146 Å². The molecule has 5 nitrogen and oxygen atoms in total. The fourth-order valence-corrected chi connectivity index (χ4v) is 4.26. The molecule has 128 valence electrons. The van der Waals surface area contributed by atoms with E-state index in [1.807, 2.05) is 18.2 Å². The van der Waals surface area contributed by atoms with E-state index in [1.54, 1.807) is 36.4 Å². The van der Waals surface area contributed by atoms with E-state index in [0.717, 1.165) is 24.9 Å². The van der Waals surface area contributed by atoms with Gasteiger partial charge in [0.15, 0.2) is 0 Å². The number of fused-ring (bicyclic) bond motifs is 1. The summed E-state index contributed by atoms with van der Waals surface area (Å²) in [4.78, 5) is 4.84. The number of ether oxygens (including phenoxy) is 1. The predicted octanol–water partition coefficient (Wildman–Crippen LogP) is 2.81. The maximum Gasteiger partial charge on any atom is 0.208 e. The van der Waals surface area contributed by atoms with Gasteiger partial charge in [0.05, 0.1) is 9.79 Å². The molecule has 2 aromatic carbocycles. The van der Waals surface area contributed by atoms with E-state index in [0.29, 0.717) is 11.3 Å². The number of aromatic nitrogens is 1. The third kappa shape index (κ3) is 3.10. The second kappa shape index (κ2) is 6.46. The van der Waals surface area contributed by atoms with Gasteiger partial charge >= 0.3 is 0 Å². The zero-order valence-electron chi connectivity index (χ0n) is 13.6. The SMILES string of the molecule is O=S(=O)(c1ccccc1)c1cnc2c(O[C@H]3CCNC3)cccc2c1. The van der Waals surface area contributed by atoms with E-state index in [-0.39, 0.29) is 15.9 Å². The summed E-state index contributed by atoms with van der Waals surface area (Å²) in [6.45, 7) is 1.76. The lowest BCUT2D eigenvalue weighted by Crippen LogP contribution is -2.19. The first-order valence-electron chi connectivity index (χ1n) is 8.21. The Hall–Kier alpha value is -2.44. The summed E-state index contributed by atoms with van der Waals surface area (Å²) in [5.41, 5.74) is 0.682. The molecule has 1 aromatic heterocycles. The lowest BCUT2D eigenvalue weighted by molar-refractivity contribution is 0.225. The maximum absolute atomic E-state index is 12.8. The number of hydrogen-bond donors (Lipinski definition) is 1. The molecule has 6 heteroatoms. The van der Waals surface area contributed by atoms with Gasteiger partial charge in [-0.3, -0.25) is 4.98 Å². The van der Waals surface area contributed by atoms with Crippen LogP contribution in [0.5, 0.6) is 5.75 Å². The highest BCUT2D eigenvalue weighted by Gasteiger charge is 2.20. The molecule has 1 atom stereocenters. The highest BCUT2D eigenvalue weighted by molar-refractivity contribution is 7.91. The average molecular weight is 354 g/mol. The van der Waals surface area contributed by atoms with Gasteiger partial charge in [-0.15, -0.1) is 0 Å². The molecule has 0 bridgehead atoms. The van der Waals surface area contributed by atoms with Crippen LogP contribution in [0.4, 0.5) is 0 Å². The van der Waals surface area contributed by atoms with Crippen LogP contribution in [0.25, 0.3) is 10.9 Å². The highest BCUT2D eigenvalue weighted by atomic mass is 32.2. The Morgan fingerprint density at radius 3 is 2.64 bits per heavy atom. The Morgan fingerprint density at radius 1 is 1.04 bits per heavy atom. The zero-order valence-corrected chi connectivity index (χ0v) is 14.4. The molecule has 0 aliphatic carbocycles. The van der Waals surface area contributed by atoms with Crippen LogP contribution in [0.3, 0.4) is 0 Å². The first-order chi connectivity index (χ1) is 12.1. The number of para-hydroxylation sites is 1. The second-order valence-corrected chi connectivity index (χ2v) is 8.00. The average Bonchev–Trinajstić information content (AvgIpc) is 3.15. The Balaban J connectivity index is 1.74. The number of nitrogens with one attached hydrogen (secondary N) is 1.